The van der Waals surface area contributed by atoms with Crippen LogP contribution in [0.4, 0.5) is 0 Å². The van der Waals surface area contributed by atoms with Gasteiger partial charge in [0.05, 0.1) is 0 Å². The van der Waals surface area contributed by atoms with Crippen molar-refractivity contribution in [1.29, 1.82) is 0 Å². The van der Waals surface area contributed by atoms with E-state index in [9.17, 15) is 0 Å². The van der Waals surface area contributed by atoms with Crippen LogP contribution in [-0.4, -0.2) is 11.0 Å². The molecule has 3 heteroatoms. The average molecular weight is 189 g/mol. The van der Waals surface area contributed by atoms with Crippen LogP contribution in [0.5, 0.6) is 0 Å². The normalized spacial score (nSPS) is 32.0. The van der Waals surface area contributed by atoms with E-state index in [0.717, 1.165) is 5.92 Å². The van der Waals surface area contributed by atoms with Crippen molar-refractivity contribution in [3.05, 3.63) is 30.1 Å². The molecule has 2 aliphatic rings. The van der Waals surface area contributed by atoms with Gasteiger partial charge in [0.1, 0.15) is 0 Å². The van der Waals surface area contributed by atoms with Gasteiger partial charge in [0.25, 0.3) is 0 Å². The zero-order valence-electron chi connectivity index (χ0n) is 8.11. The first-order valence-electron chi connectivity index (χ1n) is 5.34. The Kier molecular flexibility index (Phi) is 2.00. The second-order valence-corrected chi connectivity index (χ2v) is 4.30. The third-order valence-corrected chi connectivity index (χ3v) is 3.23. The molecule has 3 nitrogen and oxygen atoms in total. The van der Waals surface area contributed by atoms with E-state index in [1.54, 1.807) is 0 Å². The predicted octanol–water partition coefficient (Wildman–Crippen LogP) is 1.40. The maximum atomic E-state index is 4.04. The second-order valence-electron chi connectivity index (χ2n) is 4.30. The van der Waals surface area contributed by atoms with Crippen LogP contribution in [0, 0.1) is 5.92 Å². The van der Waals surface area contributed by atoms with Gasteiger partial charge in [-0.15, -0.1) is 0 Å². The van der Waals surface area contributed by atoms with Gasteiger partial charge in [0.15, 0.2) is 0 Å². The van der Waals surface area contributed by atoms with Crippen LogP contribution in [0.25, 0.3) is 0 Å². The fourth-order valence-corrected chi connectivity index (χ4v) is 2.20. The van der Waals surface area contributed by atoms with Gasteiger partial charge >= 0.3 is 0 Å². The van der Waals surface area contributed by atoms with Crippen molar-refractivity contribution in [2.24, 2.45) is 5.92 Å². The fraction of sp³-hybridized carbons (Fsp3) is 0.545. The molecule has 74 valence electrons. The Labute approximate surface area is 83.9 Å². The van der Waals surface area contributed by atoms with Gasteiger partial charge in [-0.25, -0.2) is 0 Å². The molecule has 0 amide bonds. The van der Waals surface area contributed by atoms with Crippen molar-refractivity contribution < 1.29 is 0 Å². The largest absolute Gasteiger partial charge is 0.265 e. The Morgan fingerprint density at radius 1 is 1.14 bits per heavy atom. The number of hydrogen-bond donors (Lipinski definition) is 2. The van der Waals surface area contributed by atoms with Gasteiger partial charge in [-0.2, -0.15) is 0 Å². The van der Waals surface area contributed by atoms with Crippen LogP contribution < -0.4 is 10.9 Å². The second kappa shape index (κ2) is 3.33. The SMILES string of the molecule is c1cc(C2CC(C3CC3)NN2)ccn1. The quantitative estimate of drug-likeness (QED) is 0.738. The molecular formula is C11H15N3. The highest BCUT2D eigenvalue weighted by atomic mass is 15.4. The van der Waals surface area contributed by atoms with Gasteiger partial charge < -0.3 is 0 Å². The van der Waals surface area contributed by atoms with Gasteiger partial charge in [-0.1, -0.05) is 0 Å². The van der Waals surface area contributed by atoms with Crippen molar-refractivity contribution in [2.45, 2.75) is 31.3 Å². The summed E-state index contributed by atoms with van der Waals surface area (Å²) in [6.07, 6.45) is 7.75. The number of nitrogens with zero attached hydrogens (tertiary/aromatic N) is 1. The van der Waals surface area contributed by atoms with Gasteiger partial charge in [0, 0.05) is 24.5 Å². The number of nitrogens with one attached hydrogen (secondary N) is 2. The molecule has 2 heterocycles. The molecule has 1 aromatic heterocycles. The van der Waals surface area contributed by atoms with E-state index < -0.39 is 0 Å². The van der Waals surface area contributed by atoms with Crippen molar-refractivity contribution in [3.8, 4) is 0 Å². The summed E-state index contributed by atoms with van der Waals surface area (Å²) >= 11 is 0. The summed E-state index contributed by atoms with van der Waals surface area (Å²) in [5.74, 6) is 0.925. The zero-order valence-corrected chi connectivity index (χ0v) is 8.11. The Morgan fingerprint density at radius 3 is 2.64 bits per heavy atom. The highest BCUT2D eigenvalue weighted by Gasteiger charge is 2.36. The number of rotatable bonds is 2. The van der Waals surface area contributed by atoms with E-state index in [4.69, 9.17) is 0 Å². The van der Waals surface area contributed by atoms with Crippen LogP contribution in [0.15, 0.2) is 24.5 Å². The average Bonchev–Trinajstić information content (AvgIpc) is 2.98. The number of hydrazine groups is 1. The first kappa shape index (κ1) is 8.38. The minimum Gasteiger partial charge on any atom is -0.265 e. The summed E-state index contributed by atoms with van der Waals surface area (Å²) in [5, 5.41) is 0. The molecule has 1 saturated heterocycles. The lowest BCUT2D eigenvalue weighted by Gasteiger charge is -2.08. The predicted molar refractivity (Wildman–Crippen MR) is 54.4 cm³/mol. The summed E-state index contributed by atoms with van der Waals surface area (Å²) in [7, 11) is 0. The molecule has 1 saturated carbocycles. The molecule has 0 aromatic carbocycles. The van der Waals surface area contributed by atoms with Gasteiger partial charge in [-0.05, 0) is 42.9 Å². The third kappa shape index (κ3) is 1.53. The molecule has 2 N–H and O–H groups in total. The van der Waals surface area contributed by atoms with Crippen molar-refractivity contribution in [1.82, 2.24) is 15.8 Å². The maximum absolute atomic E-state index is 4.04. The smallest absolute Gasteiger partial charge is 0.0479 e. The summed E-state index contributed by atoms with van der Waals surface area (Å²) in [5.41, 5.74) is 8.11. The van der Waals surface area contributed by atoms with Crippen molar-refractivity contribution in [2.75, 3.05) is 0 Å². The van der Waals surface area contributed by atoms with E-state index in [1.165, 1.54) is 24.8 Å². The zero-order chi connectivity index (χ0) is 9.38. The Bertz CT molecular complexity index is 308. The summed E-state index contributed by atoms with van der Waals surface area (Å²) in [6.45, 7) is 0. The van der Waals surface area contributed by atoms with Crippen LogP contribution in [0.2, 0.25) is 0 Å². The number of pyridine rings is 1. The first-order chi connectivity index (χ1) is 6.93. The van der Waals surface area contributed by atoms with Crippen molar-refractivity contribution >= 4 is 0 Å². The van der Waals surface area contributed by atoms with E-state index in [-0.39, 0.29) is 0 Å². The molecule has 3 rings (SSSR count). The Morgan fingerprint density at radius 2 is 1.93 bits per heavy atom. The number of aromatic nitrogens is 1. The summed E-state index contributed by atoms with van der Waals surface area (Å²) in [6, 6.07) is 5.35. The first-order valence-corrected chi connectivity index (χ1v) is 5.34. The van der Waals surface area contributed by atoms with E-state index in [1.807, 2.05) is 12.4 Å². The summed E-state index contributed by atoms with van der Waals surface area (Å²) in [4.78, 5) is 4.04. The monoisotopic (exact) mass is 189 g/mol. The van der Waals surface area contributed by atoms with Gasteiger partial charge in [0.2, 0.25) is 0 Å². The Balaban J connectivity index is 1.70. The van der Waals surface area contributed by atoms with E-state index >= 15 is 0 Å². The molecule has 0 bridgehead atoms. The topological polar surface area (TPSA) is 37.0 Å². The molecule has 14 heavy (non-hydrogen) atoms. The van der Waals surface area contributed by atoms with E-state index in [2.05, 4.69) is 28.0 Å². The van der Waals surface area contributed by atoms with Gasteiger partial charge in [-0.3, -0.25) is 15.8 Å². The van der Waals surface area contributed by atoms with Crippen LogP contribution in [-0.2, 0) is 0 Å². The molecule has 1 aliphatic heterocycles. The molecule has 1 aliphatic carbocycles. The molecule has 0 radical (unpaired) electrons. The lowest BCUT2D eigenvalue weighted by Crippen LogP contribution is -2.31. The highest BCUT2D eigenvalue weighted by Crippen LogP contribution is 2.38. The molecule has 2 atom stereocenters. The standard InChI is InChI=1S/C11H15N3/c1-2-8(1)10-7-11(14-13-10)9-3-5-12-6-4-9/h3-6,8,10-11,13-14H,1-2,7H2. The lowest BCUT2D eigenvalue weighted by molar-refractivity contribution is 0.501. The molecule has 2 fully saturated rings. The highest BCUT2D eigenvalue weighted by molar-refractivity contribution is 5.16. The number of hydrogen-bond acceptors (Lipinski definition) is 3. The van der Waals surface area contributed by atoms with Crippen LogP contribution in [0.1, 0.15) is 30.9 Å². The molecule has 1 aromatic rings. The minimum absolute atomic E-state index is 0.476. The minimum atomic E-state index is 0.476. The molecule has 0 spiro atoms. The molecule has 2 unspecified atom stereocenters. The third-order valence-electron chi connectivity index (χ3n) is 3.23. The molecular weight excluding hydrogens is 174 g/mol. The van der Waals surface area contributed by atoms with Crippen molar-refractivity contribution in [3.63, 3.8) is 0 Å². The maximum Gasteiger partial charge on any atom is 0.0479 e. The lowest BCUT2D eigenvalue weighted by atomic mass is 10.0. The van der Waals surface area contributed by atoms with E-state index in [0.29, 0.717) is 12.1 Å². The van der Waals surface area contributed by atoms with Crippen LogP contribution in [0.3, 0.4) is 0 Å². The Hall–Kier alpha value is -0.930. The fourth-order valence-electron chi connectivity index (χ4n) is 2.20. The van der Waals surface area contributed by atoms with Crippen LogP contribution >= 0.6 is 0 Å². The summed E-state index contributed by atoms with van der Waals surface area (Å²) < 4.78 is 0.